The number of amides is 1. The number of carbonyl (C=O) groups is 1. The predicted octanol–water partition coefficient (Wildman–Crippen LogP) is 0.600. The Labute approximate surface area is 76.9 Å². The average molecular weight is 179 g/mol. The summed E-state index contributed by atoms with van der Waals surface area (Å²) >= 11 is 0. The van der Waals surface area contributed by atoms with Gasteiger partial charge in [0.05, 0.1) is 0 Å². The number of rotatable bonds is 1. The SMILES string of the molecule is CN(C)C(=O)c1n[nH]c2c1CCC2. The highest BCUT2D eigenvalue weighted by atomic mass is 16.2. The van der Waals surface area contributed by atoms with Gasteiger partial charge >= 0.3 is 0 Å². The van der Waals surface area contributed by atoms with Gasteiger partial charge in [0.1, 0.15) is 0 Å². The van der Waals surface area contributed by atoms with Gasteiger partial charge in [-0.15, -0.1) is 0 Å². The largest absolute Gasteiger partial charge is 0.343 e. The summed E-state index contributed by atoms with van der Waals surface area (Å²) in [6.07, 6.45) is 3.15. The lowest BCUT2D eigenvalue weighted by atomic mass is 10.2. The third-order valence-corrected chi connectivity index (χ3v) is 2.42. The van der Waals surface area contributed by atoms with Crippen LogP contribution in [0.1, 0.15) is 28.2 Å². The normalized spacial score (nSPS) is 14.3. The molecule has 0 aliphatic heterocycles. The number of hydrogen-bond donors (Lipinski definition) is 1. The summed E-state index contributed by atoms with van der Waals surface area (Å²) < 4.78 is 0. The fourth-order valence-electron chi connectivity index (χ4n) is 1.71. The molecule has 0 radical (unpaired) electrons. The van der Waals surface area contributed by atoms with Crippen molar-refractivity contribution >= 4 is 5.91 Å². The van der Waals surface area contributed by atoms with Crippen LogP contribution in [0.15, 0.2) is 0 Å². The van der Waals surface area contributed by atoms with Crippen LogP contribution in [0, 0.1) is 0 Å². The van der Waals surface area contributed by atoms with Crippen molar-refractivity contribution < 1.29 is 4.79 Å². The van der Waals surface area contributed by atoms with Crippen molar-refractivity contribution in [2.24, 2.45) is 0 Å². The zero-order valence-electron chi connectivity index (χ0n) is 7.92. The van der Waals surface area contributed by atoms with Crippen molar-refractivity contribution in [3.8, 4) is 0 Å². The van der Waals surface area contributed by atoms with Gasteiger partial charge in [0.25, 0.3) is 5.91 Å². The van der Waals surface area contributed by atoms with Gasteiger partial charge in [0.15, 0.2) is 5.69 Å². The molecule has 0 atom stereocenters. The van der Waals surface area contributed by atoms with Crippen LogP contribution in [0.25, 0.3) is 0 Å². The standard InChI is InChI=1S/C9H13N3O/c1-12(2)9(13)8-6-4-3-5-7(6)10-11-8/h3-5H2,1-2H3,(H,10,11). The molecule has 0 spiro atoms. The Morgan fingerprint density at radius 1 is 1.46 bits per heavy atom. The zero-order valence-corrected chi connectivity index (χ0v) is 7.92. The first-order chi connectivity index (χ1) is 6.20. The van der Waals surface area contributed by atoms with Crippen molar-refractivity contribution in [3.05, 3.63) is 17.0 Å². The topological polar surface area (TPSA) is 49.0 Å². The molecule has 1 amide bonds. The van der Waals surface area contributed by atoms with Crippen molar-refractivity contribution in [1.82, 2.24) is 15.1 Å². The molecule has 1 aromatic heterocycles. The highest BCUT2D eigenvalue weighted by molar-refractivity contribution is 5.93. The van der Waals surface area contributed by atoms with Crippen LogP contribution in [0.4, 0.5) is 0 Å². The molecule has 1 heterocycles. The summed E-state index contributed by atoms with van der Waals surface area (Å²) in [6, 6.07) is 0. The monoisotopic (exact) mass is 179 g/mol. The highest BCUT2D eigenvalue weighted by Gasteiger charge is 2.23. The molecule has 1 aromatic rings. The van der Waals surface area contributed by atoms with Crippen LogP contribution in [0.2, 0.25) is 0 Å². The Hall–Kier alpha value is -1.32. The van der Waals surface area contributed by atoms with Crippen LogP contribution in [0.5, 0.6) is 0 Å². The van der Waals surface area contributed by atoms with Gasteiger partial charge in [-0.3, -0.25) is 9.89 Å². The summed E-state index contributed by atoms with van der Waals surface area (Å²) in [5, 5.41) is 6.97. The van der Waals surface area contributed by atoms with E-state index in [1.165, 1.54) is 0 Å². The fraction of sp³-hybridized carbons (Fsp3) is 0.556. The number of aromatic amines is 1. The summed E-state index contributed by atoms with van der Waals surface area (Å²) in [4.78, 5) is 13.2. The van der Waals surface area contributed by atoms with Gasteiger partial charge in [0, 0.05) is 25.4 Å². The van der Waals surface area contributed by atoms with Gasteiger partial charge in [-0.1, -0.05) is 0 Å². The second-order valence-corrected chi connectivity index (χ2v) is 3.58. The number of nitrogens with zero attached hydrogens (tertiary/aromatic N) is 2. The quantitative estimate of drug-likeness (QED) is 0.686. The first-order valence-electron chi connectivity index (χ1n) is 4.48. The molecule has 0 aromatic carbocycles. The molecule has 0 fully saturated rings. The maximum atomic E-state index is 11.6. The molecule has 1 aliphatic rings. The average Bonchev–Trinajstić information content (AvgIpc) is 2.61. The van der Waals surface area contributed by atoms with E-state index in [1.807, 2.05) is 0 Å². The number of fused-ring (bicyclic) bond motifs is 1. The molecule has 4 heteroatoms. The molecule has 0 unspecified atom stereocenters. The summed E-state index contributed by atoms with van der Waals surface area (Å²) in [7, 11) is 3.50. The highest BCUT2D eigenvalue weighted by Crippen LogP contribution is 2.23. The third kappa shape index (κ3) is 1.22. The lowest BCUT2D eigenvalue weighted by Crippen LogP contribution is -2.23. The predicted molar refractivity (Wildman–Crippen MR) is 48.6 cm³/mol. The van der Waals surface area contributed by atoms with Crippen LogP contribution in [-0.4, -0.2) is 35.1 Å². The van der Waals surface area contributed by atoms with E-state index in [2.05, 4.69) is 10.2 Å². The smallest absolute Gasteiger partial charge is 0.274 e. The van der Waals surface area contributed by atoms with Crippen molar-refractivity contribution in [3.63, 3.8) is 0 Å². The summed E-state index contributed by atoms with van der Waals surface area (Å²) in [5.74, 6) is -0.000556. The maximum absolute atomic E-state index is 11.6. The minimum atomic E-state index is -0.000556. The second-order valence-electron chi connectivity index (χ2n) is 3.58. The zero-order chi connectivity index (χ0) is 9.42. The van der Waals surface area contributed by atoms with E-state index in [-0.39, 0.29) is 5.91 Å². The van der Waals surface area contributed by atoms with Gasteiger partial charge in [0.2, 0.25) is 0 Å². The Bertz CT molecular complexity index is 341. The molecule has 0 bridgehead atoms. The van der Waals surface area contributed by atoms with Gasteiger partial charge < -0.3 is 4.90 Å². The van der Waals surface area contributed by atoms with Crippen molar-refractivity contribution in [2.45, 2.75) is 19.3 Å². The molecule has 1 N–H and O–H groups in total. The van der Waals surface area contributed by atoms with Crippen molar-refractivity contribution in [2.75, 3.05) is 14.1 Å². The summed E-state index contributed by atoms with van der Waals surface area (Å²) in [5.41, 5.74) is 2.88. The molecule has 4 nitrogen and oxygen atoms in total. The van der Waals surface area contributed by atoms with E-state index in [4.69, 9.17) is 0 Å². The molecular formula is C9H13N3O. The second kappa shape index (κ2) is 2.87. The molecule has 70 valence electrons. The Morgan fingerprint density at radius 3 is 2.92 bits per heavy atom. The first-order valence-corrected chi connectivity index (χ1v) is 4.48. The van der Waals surface area contributed by atoms with Gasteiger partial charge in [-0.05, 0) is 19.3 Å². The first kappa shape index (κ1) is 8.29. The number of carbonyl (C=O) groups excluding carboxylic acids is 1. The minimum Gasteiger partial charge on any atom is -0.343 e. The Morgan fingerprint density at radius 2 is 2.23 bits per heavy atom. The van der Waals surface area contributed by atoms with Crippen molar-refractivity contribution in [1.29, 1.82) is 0 Å². The van der Waals surface area contributed by atoms with E-state index in [9.17, 15) is 4.79 Å². The molecule has 0 saturated heterocycles. The van der Waals surface area contributed by atoms with E-state index in [1.54, 1.807) is 19.0 Å². The van der Waals surface area contributed by atoms with Crippen LogP contribution in [-0.2, 0) is 12.8 Å². The number of aromatic nitrogens is 2. The number of hydrogen-bond acceptors (Lipinski definition) is 2. The van der Waals surface area contributed by atoms with Crippen LogP contribution in [0.3, 0.4) is 0 Å². The molecule has 13 heavy (non-hydrogen) atoms. The number of H-pyrrole nitrogens is 1. The third-order valence-electron chi connectivity index (χ3n) is 2.42. The lowest BCUT2D eigenvalue weighted by Gasteiger charge is -2.08. The van der Waals surface area contributed by atoms with Gasteiger partial charge in [-0.2, -0.15) is 5.10 Å². The maximum Gasteiger partial charge on any atom is 0.274 e. The van der Waals surface area contributed by atoms with E-state index in [0.29, 0.717) is 5.69 Å². The van der Waals surface area contributed by atoms with E-state index in [0.717, 1.165) is 30.5 Å². The molecular weight excluding hydrogens is 166 g/mol. The van der Waals surface area contributed by atoms with Gasteiger partial charge in [-0.25, -0.2) is 0 Å². The molecule has 1 aliphatic carbocycles. The van der Waals surface area contributed by atoms with Crippen LogP contribution < -0.4 is 0 Å². The Kier molecular flexibility index (Phi) is 1.83. The Balaban J connectivity index is 2.36. The minimum absolute atomic E-state index is 0.000556. The number of aryl methyl sites for hydroxylation is 1. The summed E-state index contributed by atoms with van der Waals surface area (Å²) in [6.45, 7) is 0. The molecule has 2 rings (SSSR count). The number of nitrogens with one attached hydrogen (secondary N) is 1. The fourth-order valence-corrected chi connectivity index (χ4v) is 1.71. The van der Waals surface area contributed by atoms with E-state index < -0.39 is 0 Å². The molecule has 0 saturated carbocycles. The van der Waals surface area contributed by atoms with Crippen LogP contribution >= 0.6 is 0 Å². The lowest BCUT2D eigenvalue weighted by molar-refractivity contribution is 0.0821. The van der Waals surface area contributed by atoms with E-state index >= 15 is 0 Å².